The Morgan fingerprint density at radius 2 is 1.72 bits per heavy atom. The summed E-state index contributed by atoms with van der Waals surface area (Å²) in [5.74, 6) is 6.86. The summed E-state index contributed by atoms with van der Waals surface area (Å²) < 4.78 is 1.65. The molecular formula is C30H23N3O3. The number of aromatic hydroxyl groups is 2. The van der Waals surface area contributed by atoms with Crippen molar-refractivity contribution in [3.05, 3.63) is 124 Å². The van der Waals surface area contributed by atoms with E-state index in [1.807, 2.05) is 55.5 Å². The minimum Gasteiger partial charge on any atom is -0.508 e. The van der Waals surface area contributed by atoms with Gasteiger partial charge in [0.25, 0.3) is 5.56 Å². The Morgan fingerprint density at radius 1 is 0.889 bits per heavy atom. The van der Waals surface area contributed by atoms with E-state index in [1.54, 1.807) is 29.1 Å². The second-order valence-corrected chi connectivity index (χ2v) is 8.49. The number of nitrogens with zero attached hydrogens (tertiary/aromatic N) is 3. The Balaban J connectivity index is 1.57. The van der Waals surface area contributed by atoms with Crippen LogP contribution in [0.4, 0.5) is 0 Å². The largest absolute Gasteiger partial charge is 0.508 e. The Labute approximate surface area is 208 Å². The van der Waals surface area contributed by atoms with Gasteiger partial charge in [0, 0.05) is 36.0 Å². The summed E-state index contributed by atoms with van der Waals surface area (Å²) in [7, 11) is 0. The van der Waals surface area contributed by atoms with E-state index in [1.165, 1.54) is 12.1 Å². The third-order valence-electron chi connectivity index (χ3n) is 5.98. The number of phenolic OH excluding ortho intramolecular Hbond substituents is 2. The molecule has 0 radical (unpaired) electrons. The average molecular weight is 474 g/mol. The molecule has 0 atom stereocenters. The van der Waals surface area contributed by atoms with E-state index in [0.29, 0.717) is 35.1 Å². The smallest absolute Gasteiger partial charge is 0.265 e. The number of hydrogen-bond acceptors (Lipinski definition) is 5. The summed E-state index contributed by atoms with van der Waals surface area (Å²) >= 11 is 0. The molecule has 0 aliphatic carbocycles. The fourth-order valence-electron chi connectivity index (χ4n) is 4.17. The molecule has 5 aromatic rings. The molecule has 6 heteroatoms. The molecule has 36 heavy (non-hydrogen) atoms. The number of para-hydroxylation sites is 1. The van der Waals surface area contributed by atoms with Crippen molar-refractivity contribution in [3.8, 4) is 29.0 Å². The quantitative estimate of drug-likeness (QED) is 0.370. The maximum Gasteiger partial charge on any atom is 0.265 e. The first kappa shape index (κ1) is 22.9. The first-order chi connectivity index (χ1) is 17.5. The molecule has 0 aliphatic heterocycles. The van der Waals surface area contributed by atoms with Crippen LogP contribution in [-0.2, 0) is 12.8 Å². The molecule has 176 valence electrons. The molecule has 5 rings (SSSR count). The maximum atomic E-state index is 13.6. The summed E-state index contributed by atoms with van der Waals surface area (Å²) in [6.07, 6.45) is 4.29. The van der Waals surface area contributed by atoms with Crippen LogP contribution in [0, 0.1) is 18.8 Å². The molecule has 0 spiro atoms. The lowest BCUT2D eigenvalue weighted by atomic mass is 10.1. The van der Waals surface area contributed by atoms with Crippen LogP contribution in [0.15, 0.2) is 90.0 Å². The van der Waals surface area contributed by atoms with Gasteiger partial charge in [0.1, 0.15) is 17.3 Å². The van der Waals surface area contributed by atoms with Crippen molar-refractivity contribution in [2.24, 2.45) is 0 Å². The van der Waals surface area contributed by atoms with Crippen molar-refractivity contribution in [2.45, 2.75) is 19.8 Å². The molecule has 2 heterocycles. The lowest BCUT2D eigenvalue weighted by Crippen LogP contribution is -2.25. The molecule has 3 aromatic carbocycles. The van der Waals surface area contributed by atoms with E-state index in [4.69, 9.17) is 4.98 Å². The highest BCUT2D eigenvalue weighted by Gasteiger charge is 2.15. The van der Waals surface area contributed by atoms with Crippen LogP contribution in [0.1, 0.15) is 28.1 Å². The molecule has 0 fully saturated rings. The SMILES string of the molecule is Cc1cc(C#Cc2cccnc2)ccc1-n1c(CCc2ccc(O)cc2O)nc2ccccc2c1=O. The topological polar surface area (TPSA) is 88.2 Å². The molecule has 2 N–H and O–H groups in total. The highest BCUT2D eigenvalue weighted by molar-refractivity contribution is 5.78. The number of pyridine rings is 1. The first-order valence-electron chi connectivity index (χ1n) is 11.5. The molecule has 0 amide bonds. The van der Waals surface area contributed by atoms with E-state index in [-0.39, 0.29) is 17.1 Å². The summed E-state index contributed by atoms with van der Waals surface area (Å²) in [6, 6.07) is 21.3. The average Bonchev–Trinajstić information content (AvgIpc) is 2.88. The molecule has 0 unspecified atom stereocenters. The summed E-state index contributed by atoms with van der Waals surface area (Å²) in [6.45, 7) is 1.95. The normalized spacial score (nSPS) is 10.7. The van der Waals surface area contributed by atoms with Gasteiger partial charge in [0.2, 0.25) is 0 Å². The standard InChI is InChI=1S/C30H23N3O3/c1-20-17-21(8-9-22-5-4-16-31-19-22)10-14-27(20)33-29(15-12-23-11-13-24(34)18-28(23)35)32-26-7-3-2-6-25(26)30(33)36/h2-7,10-11,13-14,16-19,34-35H,12,15H2,1H3. The molecule has 0 saturated heterocycles. The van der Waals surface area contributed by atoms with E-state index < -0.39 is 0 Å². The predicted octanol–water partition coefficient (Wildman–Crippen LogP) is 4.69. The number of fused-ring (bicyclic) bond motifs is 1. The van der Waals surface area contributed by atoms with Gasteiger partial charge >= 0.3 is 0 Å². The van der Waals surface area contributed by atoms with Crippen molar-refractivity contribution >= 4 is 10.9 Å². The predicted molar refractivity (Wildman–Crippen MR) is 139 cm³/mol. The summed E-state index contributed by atoms with van der Waals surface area (Å²) in [5, 5.41) is 20.4. The first-order valence-corrected chi connectivity index (χ1v) is 11.5. The zero-order valence-electron chi connectivity index (χ0n) is 19.6. The van der Waals surface area contributed by atoms with Crippen LogP contribution in [0.5, 0.6) is 11.5 Å². The van der Waals surface area contributed by atoms with Crippen LogP contribution >= 0.6 is 0 Å². The van der Waals surface area contributed by atoms with Crippen LogP contribution < -0.4 is 5.56 Å². The lowest BCUT2D eigenvalue weighted by Gasteiger charge is -2.16. The van der Waals surface area contributed by atoms with E-state index >= 15 is 0 Å². The van der Waals surface area contributed by atoms with Gasteiger partial charge in [-0.2, -0.15) is 0 Å². The van der Waals surface area contributed by atoms with Gasteiger partial charge in [-0.05, 0) is 73.0 Å². The molecule has 0 bridgehead atoms. The van der Waals surface area contributed by atoms with Gasteiger partial charge in [-0.3, -0.25) is 14.3 Å². The van der Waals surface area contributed by atoms with Gasteiger partial charge in [0.15, 0.2) is 0 Å². The van der Waals surface area contributed by atoms with Crippen LogP contribution in [-0.4, -0.2) is 24.7 Å². The van der Waals surface area contributed by atoms with Crippen LogP contribution in [0.2, 0.25) is 0 Å². The van der Waals surface area contributed by atoms with Crippen molar-refractivity contribution in [2.75, 3.05) is 0 Å². The summed E-state index contributed by atoms with van der Waals surface area (Å²) in [4.78, 5) is 22.5. The molecule has 0 saturated carbocycles. The monoisotopic (exact) mass is 473 g/mol. The second kappa shape index (κ2) is 9.77. The van der Waals surface area contributed by atoms with E-state index in [0.717, 1.165) is 22.4 Å². The highest BCUT2D eigenvalue weighted by Crippen LogP contribution is 2.25. The van der Waals surface area contributed by atoms with Gasteiger partial charge in [-0.1, -0.05) is 30.0 Å². The molecule has 0 aliphatic rings. The van der Waals surface area contributed by atoms with Crippen molar-refractivity contribution < 1.29 is 10.2 Å². The van der Waals surface area contributed by atoms with Gasteiger partial charge < -0.3 is 10.2 Å². The minimum absolute atomic E-state index is 0.000621. The zero-order valence-corrected chi connectivity index (χ0v) is 19.6. The van der Waals surface area contributed by atoms with E-state index in [9.17, 15) is 15.0 Å². The Hall–Kier alpha value is -4.89. The van der Waals surface area contributed by atoms with Gasteiger partial charge in [-0.15, -0.1) is 0 Å². The zero-order chi connectivity index (χ0) is 25.1. The highest BCUT2D eigenvalue weighted by atomic mass is 16.3. The number of rotatable bonds is 4. The van der Waals surface area contributed by atoms with Crippen LogP contribution in [0.25, 0.3) is 16.6 Å². The number of phenols is 2. The number of aryl methyl sites for hydroxylation is 3. The molecule has 2 aromatic heterocycles. The Bertz CT molecular complexity index is 1700. The number of aromatic nitrogens is 3. The van der Waals surface area contributed by atoms with Crippen molar-refractivity contribution in [1.82, 2.24) is 14.5 Å². The number of hydrogen-bond donors (Lipinski definition) is 2. The maximum absolute atomic E-state index is 13.6. The number of benzene rings is 3. The molecular weight excluding hydrogens is 450 g/mol. The van der Waals surface area contributed by atoms with Gasteiger partial charge in [0.05, 0.1) is 16.6 Å². The Kier molecular flexibility index (Phi) is 6.21. The Morgan fingerprint density at radius 3 is 2.50 bits per heavy atom. The lowest BCUT2D eigenvalue weighted by molar-refractivity contribution is 0.445. The molecule has 6 nitrogen and oxygen atoms in total. The van der Waals surface area contributed by atoms with Gasteiger partial charge in [-0.25, -0.2) is 4.98 Å². The van der Waals surface area contributed by atoms with Crippen molar-refractivity contribution in [3.63, 3.8) is 0 Å². The third-order valence-corrected chi connectivity index (χ3v) is 5.98. The van der Waals surface area contributed by atoms with E-state index in [2.05, 4.69) is 16.8 Å². The van der Waals surface area contributed by atoms with Crippen molar-refractivity contribution in [1.29, 1.82) is 0 Å². The van der Waals surface area contributed by atoms with Crippen LogP contribution in [0.3, 0.4) is 0 Å². The minimum atomic E-state index is -0.150. The fourth-order valence-corrected chi connectivity index (χ4v) is 4.17. The third kappa shape index (κ3) is 4.68. The second-order valence-electron chi connectivity index (χ2n) is 8.49. The summed E-state index contributed by atoms with van der Waals surface area (Å²) in [5.41, 5.74) is 4.42. The fraction of sp³-hybridized carbons (Fsp3) is 0.100.